The lowest BCUT2D eigenvalue weighted by molar-refractivity contribution is -0.385. The maximum atomic E-state index is 11.0. The van der Waals surface area contributed by atoms with Crippen LogP contribution >= 0.6 is 27.3 Å². The second kappa shape index (κ2) is 6.62. The van der Waals surface area contributed by atoms with Gasteiger partial charge in [-0.05, 0) is 34.5 Å². The van der Waals surface area contributed by atoms with E-state index in [1.807, 2.05) is 12.1 Å². The van der Waals surface area contributed by atoms with E-state index < -0.39 is 4.92 Å². The summed E-state index contributed by atoms with van der Waals surface area (Å²) in [5, 5.41) is 14.0. The van der Waals surface area contributed by atoms with Crippen molar-refractivity contribution in [2.75, 3.05) is 19.0 Å². The van der Waals surface area contributed by atoms with Gasteiger partial charge in [0.25, 0.3) is 5.88 Å². The summed E-state index contributed by atoms with van der Waals surface area (Å²) in [5.74, 6) is 0.115. The van der Waals surface area contributed by atoms with E-state index in [0.717, 1.165) is 10.2 Å². The number of thiophene rings is 1. The molecule has 0 saturated heterocycles. The predicted molar refractivity (Wildman–Crippen MR) is 79.5 cm³/mol. The summed E-state index contributed by atoms with van der Waals surface area (Å²) in [4.78, 5) is 19.3. The summed E-state index contributed by atoms with van der Waals surface area (Å²) in [6.07, 6.45) is 1.98. The summed E-state index contributed by atoms with van der Waals surface area (Å²) in [6.45, 7) is 0.536. The van der Waals surface area contributed by atoms with Gasteiger partial charge in [0.15, 0.2) is 0 Å². The lowest BCUT2D eigenvalue weighted by Crippen LogP contribution is -2.09. The molecule has 9 heteroatoms. The molecule has 0 fully saturated rings. The van der Waals surface area contributed by atoms with Crippen LogP contribution in [0.2, 0.25) is 0 Å². The Morgan fingerprint density at radius 1 is 1.50 bits per heavy atom. The van der Waals surface area contributed by atoms with Crippen LogP contribution in [0.3, 0.4) is 0 Å². The first-order valence-electron chi connectivity index (χ1n) is 5.63. The highest BCUT2D eigenvalue weighted by molar-refractivity contribution is 9.11. The Bertz CT molecular complexity index is 619. The Balaban J connectivity index is 2.07. The fraction of sp³-hybridized carbons (Fsp3) is 0.273. The molecule has 0 amide bonds. The third-order valence-electron chi connectivity index (χ3n) is 2.46. The van der Waals surface area contributed by atoms with Crippen molar-refractivity contribution < 1.29 is 9.66 Å². The lowest BCUT2D eigenvalue weighted by atomic mass is 10.3. The minimum absolute atomic E-state index is 0.0497. The van der Waals surface area contributed by atoms with E-state index in [9.17, 15) is 10.1 Å². The van der Waals surface area contributed by atoms with Gasteiger partial charge in [-0.1, -0.05) is 0 Å². The molecule has 0 atom stereocenters. The first-order valence-corrected chi connectivity index (χ1v) is 7.24. The zero-order chi connectivity index (χ0) is 14.5. The minimum Gasteiger partial charge on any atom is -0.476 e. The number of methoxy groups -OCH3 is 1. The molecule has 0 aromatic carbocycles. The van der Waals surface area contributed by atoms with Crippen molar-refractivity contribution in [1.82, 2.24) is 9.97 Å². The molecule has 7 nitrogen and oxygen atoms in total. The van der Waals surface area contributed by atoms with E-state index in [1.165, 1.54) is 18.3 Å². The van der Waals surface area contributed by atoms with Crippen molar-refractivity contribution in [3.05, 3.63) is 37.2 Å². The normalized spacial score (nSPS) is 10.3. The third kappa shape index (κ3) is 3.42. The quantitative estimate of drug-likeness (QED) is 0.630. The summed E-state index contributed by atoms with van der Waals surface area (Å²) < 4.78 is 5.94. The molecule has 20 heavy (non-hydrogen) atoms. The predicted octanol–water partition coefficient (Wildman–Crippen LogP) is 2.87. The van der Waals surface area contributed by atoms with Gasteiger partial charge in [-0.25, -0.2) is 4.98 Å². The summed E-state index contributed by atoms with van der Waals surface area (Å²) in [6, 6.07) is 3.97. The van der Waals surface area contributed by atoms with Gasteiger partial charge >= 0.3 is 5.69 Å². The van der Waals surface area contributed by atoms with Crippen LogP contribution in [0.5, 0.6) is 5.88 Å². The van der Waals surface area contributed by atoms with Crippen LogP contribution in [-0.4, -0.2) is 28.5 Å². The lowest BCUT2D eigenvalue weighted by Gasteiger charge is -2.06. The van der Waals surface area contributed by atoms with E-state index in [4.69, 9.17) is 4.74 Å². The molecule has 2 aromatic rings. The monoisotopic (exact) mass is 358 g/mol. The van der Waals surface area contributed by atoms with Crippen LogP contribution in [-0.2, 0) is 6.42 Å². The molecular weight excluding hydrogens is 348 g/mol. The minimum atomic E-state index is -0.553. The Morgan fingerprint density at radius 3 is 2.90 bits per heavy atom. The van der Waals surface area contributed by atoms with Crippen LogP contribution in [0.25, 0.3) is 0 Å². The Morgan fingerprint density at radius 2 is 2.30 bits per heavy atom. The number of aromatic nitrogens is 2. The molecule has 2 aromatic heterocycles. The Hall–Kier alpha value is -1.74. The zero-order valence-electron chi connectivity index (χ0n) is 10.5. The topological polar surface area (TPSA) is 90.2 Å². The fourth-order valence-corrected chi connectivity index (χ4v) is 3.08. The molecule has 0 unspecified atom stereocenters. The van der Waals surface area contributed by atoms with Gasteiger partial charge < -0.3 is 10.1 Å². The maximum absolute atomic E-state index is 11.0. The zero-order valence-corrected chi connectivity index (χ0v) is 12.9. The van der Waals surface area contributed by atoms with Crippen molar-refractivity contribution in [2.45, 2.75) is 6.42 Å². The third-order valence-corrected chi connectivity index (χ3v) is 4.14. The second-order valence-corrected chi connectivity index (χ2v) is 6.27. The van der Waals surface area contributed by atoms with Gasteiger partial charge in [0.2, 0.25) is 5.82 Å². The second-order valence-electron chi connectivity index (χ2n) is 3.72. The highest BCUT2D eigenvalue weighted by atomic mass is 79.9. The molecule has 0 aliphatic carbocycles. The smallest absolute Gasteiger partial charge is 0.372 e. The van der Waals surface area contributed by atoms with Crippen LogP contribution in [0.4, 0.5) is 11.5 Å². The largest absolute Gasteiger partial charge is 0.476 e. The van der Waals surface area contributed by atoms with Crippen LogP contribution < -0.4 is 10.1 Å². The highest BCUT2D eigenvalue weighted by Gasteiger charge is 2.23. The van der Waals surface area contributed by atoms with Crippen LogP contribution in [0.15, 0.2) is 22.2 Å². The molecule has 1 N–H and O–H groups in total. The van der Waals surface area contributed by atoms with Gasteiger partial charge in [-0.3, -0.25) is 10.1 Å². The number of nitrogens with one attached hydrogen (secondary N) is 1. The van der Waals surface area contributed by atoms with Crippen molar-refractivity contribution in [2.24, 2.45) is 0 Å². The van der Waals surface area contributed by atoms with Crippen molar-refractivity contribution >= 4 is 38.8 Å². The molecule has 0 aliphatic rings. The molecule has 0 bridgehead atoms. The van der Waals surface area contributed by atoms with E-state index in [1.54, 1.807) is 11.3 Å². The molecule has 2 rings (SSSR count). The SMILES string of the molecule is COc1ncnc(NCCc2ccc(Br)s2)c1[N+](=O)[O-]. The number of nitro groups is 1. The number of hydrogen-bond donors (Lipinski definition) is 1. The number of halogens is 1. The van der Waals surface area contributed by atoms with E-state index in [0.29, 0.717) is 6.54 Å². The number of rotatable bonds is 6. The Labute approximate surface area is 127 Å². The fourth-order valence-electron chi connectivity index (χ4n) is 1.60. The van der Waals surface area contributed by atoms with Crippen molar-refractivity contribution in [1.29, 1.82) is 0 Å². The average Bonchev–Trinajstić information content (AvgIpc) is 2.83. The van der Waals surface area contributed by atoms with Crippen molar-refractivity contribution in [3.8, 4) is 5.88 Å². The molecule has 0 spiro atoms. The average molecular weight is 359 g/mol. The van der Waals surface area contributed by atoms with Gasteiger partial charge in [0.05, 0.1) is 15.8 Å². The molecular formula is C11H11BrN4O3S. The first-order chi connectivity index (χ1) is 9.61. The summed E-state index contributed by atoms with van der Waals surface area (Å²) in [5.41, 5.74) is -0.248. The number of ether oxygens (including phenoxy) is 1. The summed E-state index contributed by atoms with van der Waals surface area (Å²) in [7, 11) is 1.34. The number of nitrogens with zero attached hydrogens (tertiary/aromatic N) is 3. The molecule has 0 saturated carbocycles. The highest BCUT2D eigenvalue weighted by Crippen LogP contribution is 2.30. The van der Waals surface area contributed by atoms with Crippen LogP contribution in [0.1, 0.15) is 4.88 Å². The van der Waals surface area contributed by atoms with Gasteiger partial charge in [0, 0.05) is 11.4 Å². The van der Waals surface area contributed by atoms with Crippen molar-refractivity contribution in [3.63, 3.8) is 0 Å². The molecule has 106 valence electrons. The van der Waals surface area contributed by atoms with Gasteiger partial charge in [-0.2, -0.15) is 4.98 Å². The standard InChI is InChI=1S/C11H11BrN4O3S/c1-19-11-9(16(17)18)10(14-6-15-11)13-5-4-7-2-3-8(12)20-7/h2-3,6H,4-5H2,1H3,(H,13,14,15). The molecule has 2 heterocycles. The van der Waals surface area contributed by atoms with Gasteiger partial charge in [0.1, 0.15) is 6.33 Å². The maximum Gasteiger partial charge on any atom is 0.372 e. The molecule has 0 radical (unpaired) electrons. The van der Waals surface area contributed by atoms with E-state index >= 15 is 0 Å². The first kappa shape index (κ1) is 14.7. The van der Waals surface area contributed by atoms with E-state index in [2.05, 4.69) is 31.2 Å². The van der Waals surface area contributed by atoms with Gasteiger partial charge in [-0.15, -0.1) is 11.3 Å². The van der Waals surface area contributed by atoms with Crippen LogP contribution in [0, 0.1) is 10.1 Å². The number of hydrogen-bond acceptors (Lipinski definition) is 7. The summed E-state index contributed by atoms with van der Waals surface area (Å²) >= 11 is 5.02. The van der Waals surface area contributed by atoms with E-state index in [-0.39, 0.29) is 17.4 Å². The Kier molecular flexibility index (Phi) is 4.85. The number of anilines is 1. The molecule has 0 aliphatic heterocycles.